The van der Waals surface area contributed by atoms with Gasteiger partial charge in [-0.25, -0.2) is 0 Å². The Labute approximate surface area is 110 Å². The van der Waals surface area contributed by atoms with Crippen LogP contribution in [0.2, 0.25) is 0 Å². The second-order valence-electron chi connectivity index (χ2n) is 3.66. The van der Waals surface area contributed by atoms with Crippen LogP contribution >= 0.6 is 0 Å². The number of rotatable bonds is 7. The number of nitrogens with two attached hydrogens (primary N) is 1. The number of hydrogen-bond acceptors (Lipinski definition) is 5. The lowest BCUT2D eigenvalue weighted by Gasteiger charge is -2.09. The molecular weight excluding hydrogens is 250 g/mol. The Morgan fingerprint density at radius 3 is 2.53 bits per heavy atom. The SMILES string of the molecule is CCOC(=O)CC(=O)c1ccccc1OCC(N)=O. The first-order valence-corrected chi connectivity index (χ1v) is 5.73. The summed E-state index contributed by atoms with van der Waals surface area (Å²) in [7, 11) is 0. The van der Waals surface area contributed by atoms with E-state index in [4.69, 9.17) is 15.2 Å². The third kappa shape index (κ3) is 4.79. The van der Waals surface area contributed by atoms with Crippen molar-refractivity contribution in [1.82, 2.24) is 0 Å². The molecular formula is C13H15NO5. The minimum Gasteiger partial charge on any atom is -0.483 e. The quantitative estimate of drug-likeness (QED) is 0.444. The van der Waals surface area contributed by atoms with Crippen molar-refractivity contribution in [3.05, 3.63) is 29.8 Å². The van der Waals surface area contributed by atoms with Crippen molar-refractivity contribution in [3.8, 4) is 5.75 Å². The summed E-state index contributed by atoms with van der Waals surface area (Å²) in [5.41, 5.74) is 5.18. The third-order valence-electron chi connectivity index (χ3n) is 2.17. The number of primary amides is 1. The highest BCUT2D eigenvalue weighted by Crippen LogP contribution is 2.19. The van der Waals surface area contributed by atoms with Crippen molar-refractivity contribution in [2.24, 2.45) is 5.73 Å². The van der Waals surface area contributed by atoms with E-state index in [1.165, 1.54) is 12.1 Å². The number of hydrogen-bond donors (Lipinski definition) is 1. The number of esters is 1. The Balaban J connectivity index is 2.78. The molecule has 0 radical (unpaired) electrons. The van der Waals surface area contributed by atoms with Gasteiger partial charge in [0.2, 0.25) is 0 Å². The summed E-state index contributed by atoms with van der Waals surface area (Å²) in [5.74, 6) is -1.46. The minimum atomic E-state index is -0.646. The minimum absolute atomic E-state index is 0.214. The number of carbonyl (C=O) groups is 3. The molecule has 1 aromatic rings. The van der Waals surface area contributed by atoms with Gasteiger partial charge in [0.05, 0.1) is 12.2 Å². The first-order valence-electron chi connectivity index (χ1n) is 5.73. The van der Waals surface area contributed by atoms with Gasteiger partial charge < -0.3 is 15.2 Å². The maximum atomic E-state index is 11.9. The molecule has 0 aliphatic rings. The van der Waals surface area contributed by atoms with Crippen molar-refractivity contribution in [1.29, 1.82) is 0 Å². The van der Waals surface area contributed by atoms with E-state index in [-0.39, 0.29) is 30.9 Å². The highest BCUT2D eigenvalue weighted by molar-refractivity contribution is 6.07. The molecule has 6 nitrogen and oxygen atoms in total. The lowest BCUT2D eigenvalue weighted by molar-refractivity contribution is -0.142. The van der Waals surface area contributed by atoms with E-state index in [2.05, 4.69) is 0 Å². The topological polar surface area (TPSA) is 95.7 Å². The molecule has 0 aromatic heterocycles. The third-order valence-corrected chi connectivity index (χ3v) is 2.17. The van der Waals surface area contributed by atoms with E-state index in [9.17, 15) is 14.4 Å². The molecule has 6 heteroatoms. The zero-order valence-corrected chi connectivity index (χ0v) is 10.5. The molecule has 0 bridgehead atoms. The molecule has 0 aliphatic heterocycles. The second kappa shape index (κ2) is 7.15. The monoisotopic (exact) mass is 265 g/mol. The molecule has 1 rings (SSSR count). The van der Waals surface area contributed by atoms with Gasteiger partial charge in [-0.05, 0) is 19.1 Å². The number of ether oxygens (including phenoxy) is 2. The first kappa shape index (κ1) is 14.7. The summed E-state index contributed by atoms with van der Waals surface area (Å²) in [6, 6.07) is 6.33. The second-order valence-corrected chi connectivity index (χ2v) is 3.66. The summed E-state index contributed by atoms with van der Waals surface area (Å²) < 4.78 is 9.81. The number of amides is 1. The molecule has 0 unspecified atom stereocenters. The molecule has 0 saturated heterocycles. The molecule has 2 N–H and O–H groups in total. The van der Waals surface area contributed by atoms with Gasteiger partial charge in [-0.2, -0.15) is 0 Å². The van der Waals surface area contributed by atoms with Gasteiger partial charge in [0.1, 0.15) is 12.2 Å². The van der Waals surface area contributed by atoms with Crippen molar-refractivity contribution >= 4 is 17.7 Å². The van der Waals surface area contributed by atoms with Crippen molar-refractivity contribution in [2.45, 2.75) is 13.3 Å². The predicted molar refractivity (Wildman–Crippen MR) is 66.7 cm³/mol. The fraction of sp³-hybridized carbons (Fsp3) is 0.308. The summed E-state index contributed by atoms with van der Waals surface area (Å²) in [5, 5.41) is 0. The van der Waals surface area contributed by atoms with Crippen LogP contribution in [0, 0.1) is 0 Å². The molecule has 0 spiro atoms. The standard InChI is InChI=1S/C13H15NO5/c1-2-18-13(17)7-10(15)9-5-3-4-6-11(9)19-8-12(14)16/h3-6H,2,7-8H2,1H3,(H2,14,16). The molecule has 0 saturated carbocycles. The molecule has 0 fully saturated rings. The molecule has 1 amide bonds. The highest BCUT2D eigenvalue weighted by atomic mass is 16.5. The van der Waals surface area contributed by atoms with Crippen LogP contribution in [-0.4, -0.2) is 30.9 Å². The fourth-order valence-corrected chi connectivity index (χ4v) is 1.41. The van der Waals surface area contributed by atoms with Crippen LogP contribution in [-0.2, 0) is 14.3 Å². The summed E-state index contributed by atoms with van der Waals surface area (Å²) in [6.07, 6.45) is -0.370. The zero-order valence-electron chi connectivity index (χ0n) is 10.5. The number of ketones is 1. The normalized spacial score (nSPS) is 9.74. The van der Waals surface area contributed by atoms with Gasteiger partial charge in [0.15, 0.2) is 12.4 Å². The highest BCUT2D eigenvalue weighted by Gasteiger charge is 2.16. The van der Waals surface area contributed by atoms with E-state index >= 15 is 0 Å². The van der Waals surface area contributed by atoms with Crippen LogP contribution in [0.25, 0.3) is 0 Å². The van der Waals surface area contributed by atoms with Gasteiger partial charge in [-0.1, -0.05) is 12.1 Å². The van der Waals surface area contributed by atoms with Gasteiger partial charge >= 0.3 is 5.97 Å². The Morgan fingerprint density at radius 2 is 1.89 bits per heavy atom. The smallest absolute Gasteiger partial charge is 0.313 e. The summed E-state index contributed by atoms with van der Waals surface area (Å²) in [6.45, 7) is 1.54. The van der Waals surface area contributed by atoms with Crippen LogP contribution in [0.5, 0.6) is 5.75 Å². The van der Waals surface area contributed by atoms with Crippen LogP contribution in [0.3, 0.4) is 0 Å². The maximum absolute atomic E-state index is 11.9. The lowest BCUT2D eigenvalue weighted by Crippen LogP contribution is -2.21. The number of carbonyl (C=O) groups excluding carboxylic acids is 3. The van der Waals surface area contributed by atoms with E-state index < -0.39 is 17.7 Å². The van der Waals surface area contributed by atoms with E-state index in [0.717, 1.165) is 0 Å². The number of Topliss-reactive ketones (excluding diaryl/α,β-unsaturated/α-hetero) is 1. The van der Waals surface area contributed by atoms with Crippen LogP contribution in [0.4, 0.5) is 0 Å². The van der Waals surface area contributed by atoms with Crippen molar-refractivity contribution < 1.29 is 23.9 Å². The van der Waals surface area contributed by atoms with Gasteiger partial charge in [-0.3, -0.25) is 14.4 Å². The lowest BCUT2D eigenvalue weighted by atomic mass is 10.1. The fourth-order valence-electron chi connectivity index (χ4n) is 1.41. The van der Waals surface area contributed by atoms with Crippen molar-refractivity contribution in [2.75, 3.05) is 13.2 Å². The summed E-state index contributed by atoms with van der Waals surface area (Å²) in [4.78, 5) is 33.8. The van der Waals surface area contributed by atoms with Crippen LogP contribution in [0.1, 0.15) is 23.7 Å². The molecule has 0 aliphatic carbocycles. The summed E-state index contributed by atoms with van der Waals surface area (Å²) >= 11 is 0. The Morgan fingerprint density at radius 1 is 1.21 bits per heavy atom. The van der Waals surface area contributed by atoms with Crippen LogP contribution in [0.15, 0.2) is 24.3 Å². The molecule has 1 aromatic carbocycles. The van der Waals surface area contributed by atoms with E-state index in [1.54, 1.807) is 19.1 Å². The Bertz CT molecular complexity index is 484. The molecule has 0 heterocycles. The van der Waals surface area contributed by atoms with Gasteiger partial charge in [0, 0.05) is 0 Å². The van der Waals surface area contributed by atoms with Gasteiger partial charge in [-0.15, -0.1) is 0 Å². The Kier molecular flexibility index (Phi) is 5.53. The molecule has 102 valence electrons. The maximum Gasteiger partial charge on any atom is 0.313 e. The largest absolute Gasteiger partial charge is 0.483 e. The van der Waals surface area contributed by atoms with Gasteiger partial charge in [0.25, 0.3) is 5.91 Å². The zero-order chi connectivity index (χ0) is 14.3. The Hall–Kier alpha value is -2.37. The average molecular weight is 265 g/mol. The number of para-hydroxylation sites is 1. The molecule has 0 atom stereocenters. The number of benzene rings is 1. The van der Waals surface area contributed by atoms with E-state index in [1.807, 2.05) is 0 Å². The van der Waals surface area contributed by atoms with Crippen LogP contribution < -0.4 is 10.5 Å². The van der Waals surface area contributed by atoms with Crippen molar-refractivity contribution in [3.63, 3.8) is 0 Å². The van der Waals surface area contributed by atoms with E-state index in [0.29, 0.717) is 0 Å². The first-order chi connectivity index (χ1) is 9.04. The molecule has 19 heavy (non-hydrogen) atoms. The average Bonchev–Trinajstić information content (AvgIpc) is 2.36. The predicted octanol–water partition coefficient (Wildman–Crippen LogP) is 0.687.